The number of aliphatic hydroxyl groups excluding tert-OH is 1. The first-order valence-corrected chi connectivity index (χ1v) is 14.9. The minimum atomic E-state index is -1.82. The number of hydrogen-bond acceptors (Lipinski definition) is 5. The number of hydrogen-bond donors (Lipinski definition) is 1. The zero-order valence-electron chi connectivity index (χ0n) is 19.6. The first kappa shape index (κ1) is 23.0. The van der Waals surface area contributed by atoms with Crippen molar-refractivity contribution in [2.45, 2.75) is 83.7 Å². The Balaban J connectivity index is 1.65. The van der Waals surface area contributed by atoms with Crippen LogP contribution in [0.3, 0.4) is 0 Å². The second-order valence-electron chi connectivity index (χ2n) is 11.2. The molecule has 0 spiro atoms. The zero-order chi connectivity index (χ0) is 22.4. The summed E-state index contributed by atoms with van der Waals surface area (Å²) in [4.78, 5) is 6.49. The number of fused-ring (bicyclic) bond motifs is 1. The Morgan fingerprint density at radius 1 is 1.29 bits per heavy atom. The van der Waals surface area contributed by atoms with E-state index in [0.29, 0.717) is 11.7 Å². The molecular formula is C23H37ClN4O2Si. The van der Waals surface area contributed by atoms with E-state index in [0.717, 1.165) is 42.8 Å². The Hall–Kier alpha value is -1.15. The summed E-state index contributed by atoms with van der Waals surface area (Å²) >= 11 is 6.28. The molecule has 0 radical (unpaired) electrons. The van der Waals surface area contributed by atoms with Crippen LogP contribution in [-0.2, 0) is 11.0 Å². The molecule has 2 aromatic heterocycles. The fraction of sp³-hybridized carbons (Fsp3) is 0.739. The van der Waals surface area contributed by atoms with Crippen LogP contribution in [0.4, 0.5) is 5.82 Å². The highest BCUT2D eigenvalue weighted by molar-refractivity contribution is 6.74. The van der Waals surface area contributed by atoms with E-state index in [4.69, 9.17) is 21.1 Å². The zero-order valence-corrected chi connectivity index (χ0v) is 21.4. The van der Waals surface area contributed by atoms with E-state index >= 15 is 0 Å². The van der Waals surface area contributed by atoms with Crippen LogP contribution in [0.15, 0.2) is 12.3 Å². The molecule has 4 rings (SSSR count). The van der Waals surface area contributed by atoms with Crippen molar-refractivity contribution >= 4 is 36.6 Å². The number of nitrogens with zero attached hydrogens (tertiary/aromatic N) is 4. The number of aliphatic hydroxyl groups is 1. The largest absolute Gasteiger partial charge is 0.416 e. The highest BCUT2D eigenvalue weighted by atomic mass is 35.5. The number of halogens is 1. The second-order valence-corrected chi connectivity index (χ2v) is 16.3. The number of aromatic nitrogens is 3. The summed E-state index contributed by atoms with van der Waals surface area (Å²) in [6, 6.07) is 1.93. The summed E-state index contributed by atoms with van der Waals surface area (Å²) < 4.78 is 8.85. The Kier molecular flexibility index (Phi) is 6.18. The lowest BCUT2D eigenvalue weighted by Crippen LogP contribution is -2.44. The predicted octanol–water partition coefficient (Wildman–Crippen LogP) is 5.24. The Bertz CT molecular complexity index is 934. The van der Waals surface area contributed by atoms with Gasteiger partial charge in [-0.2, -0.15) is 5.10 Å². The Morgan fingerprint density at radius 2 is 2.00 bits per heavy atom. The first-order chi connectivity index (χ1) is 14.5. The van der Waals surface area contributed by atoms with Crippen molar-refractivity contribution in [2.75, 3.05) is 24.6 Å². The number of β-amino-alcohol motifs (C(OH)–C–C–N with tert-alkyl or cyclic N) is 1. The van der Waals surface area contributed by atoms with Gasteiger partial charge in [-0.05, 0) is 37.4 Å². The standard InChI is InChI=1S/C23H37ClN4O2Si/c1-22(2,3)31(4,5)30-16-23(9-6-7-10-23)15-28-19-12-20(24)25-13-18(19)21(26-28)27-11-8-17(29)14-27/h12-13,17,29H,6-11,14-16H2,1-5H3/t17-/m0/s1. The number of pyridine rings is 1. The van der Waals surface area contributed by atoms with Crippen LogP contribution in [-0.4, -0.2) is 54.0 Å². The van der Waals surface area contributed by atoms with Crippen molar-refractivity contribution in [2.24, 2.45) is 5.41 Å². The fourth-order valence-electron chi connectivity index (χ4n) is 4.66. The molecule has 0 bridgehead atoms. The van der Waals surface area contributed by atoms with Crippen molar-refractivity contribution in [3.8, 4) is 0 Å². The molecule has 0 unspecified atom stereocenters. The first-order valence-electron chi connectivity index (χ1n) is 11.6. The van der Waals surface area contributed by atoms with Crippen molar-refractivity contribution in [3.05, 3.63) is 17.4 Å². The molecule has 1 saturated carbocycles. The fourth-order valence-corrected chi connectivity index (χ4v) is 5.91. The van der Waals surface area contributed by atoms with E-state index in [2.05, 4.69) is 48.4 Å². The molecule has 3 heterocycles. The lowest BCUT2D eigenvalue weighted by atomic mass is 9.87. The molecule has 8 heteroatoms. The summed E-state index contributed by atoms with van der Waals surface area (Å²) in [5, 5.41) is 16.8. The quantitative estimate of drug-likeness (QED) is 0.468. The maximum atomic E-state index is 10.0. The van der Waals surface area contributed by atoms with E-state index in [-0.39, 0.29) is 16.6 Å². The van der Waals surface area contributed by atoms with Crippen molar-refractivity contribution in [1.29, 1.82) is 0 Å². The summed E-state index contributed by atoms with van der Waals surface area (Å²) in [7, 11) is -1.82. The molecule has 172 valence electrons. The van der Waals surface area contributed by atoms with Gasteiger partial charge in [0.25, 0.3) is 0 Å². The minimum Gasteiger partial charge on any atom is -0.416 e. The van der Waals surface area contributed by atoms with Crippen LogP contribution >= 0.6 is 11.6 Å². The Morgan fingerprint density at radius 3 is 2.61 bits per heavy atom. The smallest absolute Gasteiger partial charge is 0.192 e. The van der Waals surface area contributed by atoms with Crippen LogP contribution in [0, 0.1) is 5.41 Å². The topological polar surface area (TPSA) is 63.4 Å². The molecule has 1 atom stereocenters. The molecule has 1 aliphatic heterocycles. The van der Waals surface area contributed by atoms with Gasteiger partial charge in [-0.25, -0.2) is 4.98 Å². The predicted molar refractivity (Wildman–Crippen MR) is 129 cm³/mol. The van der Waals surface area contributed by atoms with Gasteiger partial charge < -0.3 is 14.4 Å². The molecule has 0 aromatic carbocycles. The van der Waals surface area contributed by atoms with Crippen LogP contribution in [0.1, 0.15) is 52.9 Å². The molecule has 1 N–H and O–H groups in total. The van der Waals surface area contributed by atoms with E-state index in [9.17, 15) is 5.11 Å². The molecular weight excluding hydrogens is 428 g/mol. The highest BCUT2D eigenvalue weighted by Gasteiger charge is 2.42. The highest BCUT2D eigenvalue weighted by Crippen LogP contribution is 2.44. The SMILES string of the molecule is CC(C)(C)[Si](C)(C)OCC1(Cn2nc(N3CC[C@H](O)C3)c3cnc(Cl)cc32)CCCC1. The number of anilines is 1. The monoisotopic (exact) mass is 464 g/mol. The van der Waals surface area contributed by atoms with Gasteiger partial charge in [0.15, 0.2) is 14.1 Å². The van der Waals surface area contributed by atoms with Gasteiger partial charge in [0.2, 0.25) is 0 Å². The van der Waals surface area contributed by atoms with Crippen LogP contribution in [0.5, 0.6) is 0 Å². The molecule has 6 nitrogen and oxygen atoms in total. The van der Waals surface area contributed by atoms with Gasteiger partial charge in [0.05, 0.1) is 17.0 Å². The maximum Gasteiger partial charge on any atom is 0.192 e. The molecule has 0 amide bonds. The van der Waals surface area contributed by atoms with Gasteiger partial charge in [-0.1, -0.05) is 45.2 Å². The summed E-state index contributed by atoms with van der Waals surface area (Å²) in [6.07, 6.45) is 7.13. The average Bonchev–Trinajstić information content (AvgIpc) is 3.40. The number of rotatable bonds is 6. The van der Waals surface area contributed by atoms with Gasteiger partial charge >= 0.3 is 0 Å². The third-order valence-electron chi connectivity index (χ3n) is 7.74. The second kappa shape index (κ2) is 8.32. The van der Waals surface area contributed by atoms with Crippen molar-refractivity contribution in [3.63, 3.8) is 0 Å². The van der Waals surface area contributed by atoms with Crippen molar-refractivity contribution in [1.82, 2.24) is 14.8 Å². The van der Waals surface area contributed by atoms with E-state index in [1.54, 1.807) is 0 Å². The summed E-state index contributed by atoms with van der Waals surface area (Å²) in [6.45, 7) is 14.6. The van der Waals surface area contributed by atoms with Crippen LogP contribution in [0.2, 0.25) is 23.3 Å². The molecule has 31 heavy (non-hydrogen) atoms. The molecule has 1 aliphatic carbocycles. The Labute approximate surface area is 192 Å². The molecule has 2 aliphatic rings. The van der Waals surface area contributed by atoms with Crippen LogP contribution < -0.4 is 4.90 Å². The lowest BCUT2D eigenvalue weighted by Gasteiger charge is -2.40. The molecule has 2 aromatic rings. The van der Waals surface area contributed by atoms with Crippen LogP contribution in [0.25, 0.3) is 10.9 Å². The van der Waals surface area contributed by atoms with Gasteiger partial charge in [0, 0.05) is 43.9 Å². The lowest BCUT2D eigenvalue weighted by molar-refractivity contribution is 0.114. The van der Waals surface area contributed by atoms with E-state index < -0.39 is 8.32 Å². The minimum absolute atomic E-state index is 0.103. The normalized spacial score (nSPS) is 22.0. The van der Waals surface area contributed by atoms with E-state index in [1.165, 1.54) is 25.7 Å². The molecule has 1 saturated heterocycles. The van der Waals surface area contributed by atoms with E-state index in [1.807, 2.05) is 12.3 Å². The maximum absolute atomic E-state index is 10.0. The third-order valence-corrected chi connectivity index (χ3v) is 12.4. The average molecular weight is 465 g/mol. The summed E-state index contributed by atoms with van der Waals surface area (Å²) in [5.41, 5.74) is 1.13. The van der Waals surface area contributed by atoms with Gasteiger partial charge in [-0.15, -0.1) is 0 Å². The third kappa shape index (κ3) is 4.65. The van der Waals surface area contributed by atoms with Gasteiger partial charge in [-0.3, -0.25) is 4.68 Å². The van der Waals surface area contributed by atoms with Crippen molar-refractivity contribution < 1.29 is 9.53 Å². The summed E-state index contributed by atoms with van der Waals surface area (Å²) in [5.74, 6) is 0.911. The van der Waals surface area contributed by atoms with Gasteiger partial charge in [0.1, 0.15) is 5.15 Å². The molecule has 2 fully saturated rings.